The highest BCUT2D eigenvalue weighted by Crippen LogP contribution is 2.15. The van der Waals surface area contributed by atoms with E-state index < -0.39 is 11.9 Å². The zero-order valence-corrected chi connectivity index (χ0v) is 13.5. The molecular weight excluding hydrogens is 328 g/mol. The highest BCUT2D eigenvalue weighted by molar-refractivity contribution is 6.30. The molecule has 2 rings (SSSR count). The van der Waals surface area contributed by atoms with Gasteiger partial charge in [0.1, 0.15) is 11.6 Å². The van der Waals surface area contributed by atoms with E-state index in [-0.39, 0.29) is 5.57 Å². The molecule has 0 atom stereocenters. The SMILES string of the molecule is COC(=O)c1ccc(NC(=O)/C(C#N)=C/c2cccc(Cl)c2)cc1. The Morgan fingerprint density at radius 2 is 1.92 bits per heavy atom. The van der Waals surface area contributed by atoms with Crippen LogP contribution in [-0.2, 0) is 9.53 Å². The second kappa shape index (κ2) is 7.95. The number of nitrogens with zero attached hydrogens (tertiary/aromatic N) is 1. The molecule has 2 aromatic rings. The van der Waals surface area contributed by atoms with Crippen molar-refractivity contribution in [2.75, 3.05) is 12.4 Å². The van der Waals surface area contributed by atoms with Crippen LogP contribution in [0.15, 0.2) is 54.1 Å². The van der Waals surface area contributed by atoms with Crippen LogP contribution in [0, 0.1) is 11.3 Å². The van der Waals surface area contributed by atoms with Gasteiger partial charge in [-0.25, -0.2) is 4.79 Å². The molecule has 0 aromatic heterocycles. The van der Waals surface area contributed by atoms with Crippen molar-refractivity contribution in [3.63, 3.8) is 0 Å². The van der Waals surface area contributed by atoms with E-state index in [9.17, 15) is 14.9 Å². The fourth-order valence-electron chi connectivity index (χ4n) is 1.92. The summed E-state index contributed by atoms with van der Waals surface area (Å²) in [5.74, 6) is -1.02. The van der Waals surface area contributed by atoms with Crippen LogP contribution in [0.5, 0.6) is 0 Å². The van der Waals surface area contributed by atoms with Crippen molar-refractivity contribution in [2.45, 2.75) is 0 Å². The average Bonchev–Trinajstić information content (AvgIpc) is 2.59. The standard InChI is InChI=1S/C18H13ClN2O3/c1-24-18(23)13-5-7-16(8-6-13)21-17(22)14(11-20)9-12-3-2-4-15(19)10-12/h2-10H,1H3,(H,21,22)/b14-9+. The van der Waals surface area contributed by atoms with Crippen molar-refractivity contribution in [2.24, 2.45) is 0 Å². The molecule has 0 aliphatic carbocycles. The molecule has 6 heteroatoms. The normalized spacial score (nSPS) is 10.6. The summed E-state index contributed by atoms with van der Waals surface area (Å²) in [7, 11) is 1.29. The number of nitriles is 1. The number of carbonyl (C=O) groups is 2. The molecule has 1 N–H and O–H groups in total. The number of hydrogen-bond donors (Lipinski definition) is 1. The Labute approximate surface area is 144 Å². The minimum Gasteiger partial charge on any atom is -0.465 e. The average molecular weight is 341 g/mol. The van der Waals surface area contributed by atoms with Crippen molar-refractivity contribution >= 4 is 35.2 Å². The Kier molecular flexibility index (Phi) is 5.72. The van der Waals surface area contributed by atoms with Gasteiger partial charge < -0.3 is 10.1 Å². The number of rotatable bonds is 4. The number of carbonyl (C=O) groups excluding carboxylic acids is 2. The minimum atomic E-state index is -0.553. The van der Waals surface area contributed by atoms with Gasteiger partial charge in [-0.2, -0.15) is 5.26 Å². The number of amides is 1. The van der Waals surface area contributed by atoms with E-state index in [1.807, 2.05) is 6.07 Å². The van der Waals surface area contributed by atoms with Gasteiger partial charge in [0.05, 0.1) is 12.7 Å². The molecule has 2 aromatic carbocycles. The highest BCUT2D eigenvalue weighted by atomic mass is 35.5. The lowest BCUT2D eigenvalue weighted by Gasteiger charge is -2.05. The predicted octanol–water partition coefficient (Wildman–Crippen LogP) is 3.67. The Morgan fingerprint density at radius 1 is 1.21 bits per heavy atom. The van der Waals surface area contributed by atoms with Crippen LogP contribution in [0.25, 0.3) is 6.08 Å². The molecule has 0 aliphatic heterocycles. The van der Waals surface area contributed by atoms with Crippen molar-refractivity contribution < 1.29 is 14.3 Å². The predicted molar refractivity (Wildman–Crippen MR) is 91.5 cm³/mol. The van der Waals surface area contributed by atoms with E-state index in [4.69, 9.17) is 11.6 Å². The molecule has 0 saturated carbocycles. The van der Waals surface area contributed by atoms with E-state index in [0.717, 1.165) is 0 Å². The second-order valence-corrected chi connectivity index (χ2v) is 5.18. The Balaban J connectivity index is 2.15. The van der Waals surface area contributed by atoms with Crippen LogP contribution in [0.1, 0.15) is 15.9 Å². The Morgan fingerprint density at radius 3 is 2.50 bits per heavy atom. The fraction of sp³-hybridized carbons (Fsp3) is 0.0556. The quantitative estimate of drug-likeness (QED) is 0.523. The molecule has 1 amide bonds. The van der Waals surface area contributed by atoms with Gasteiger partial charge in [0.25, 0.3) is 5.91 Å². The number of methoxy groups -OCH3 is 1. The Hall–Kier alpha value is -3.10. The van der Waals surface area contributed by atoms with Gasteiger partial charge in [0, 0.05) is 10.7 Å². The molecule has 24 heavy (non-hydrogen) atoms. The zero-order valence-electron chi connectivity index (χ0n) is 12.7. The number of benzene rings is 2. The van der Waals surface area contributed by atoms with E-state index in [2.05, 4.69) is 10.1 Å². The summed E-state index contributed by atoms with van der Waals surface area (Å²) in [6.45, 7) is 0. The third-order valence-corrected chi connectivity index (χ3v) is 3.32. The molecule has 0 fully saturated rings. The third-order valence-electron chi connectivity index (χ3n) is 3.09. The summed E-state index contributed by atoms with van der Waals surface area (Å²) in [6, 6.07) is 14.8. The topological polar surface area (TPSA) is 79.2 Å². The van der Waals surface area contributed by atoms with Crippen molar-refractivity contribution in [3.05, 3.63) is 70.3 Å². The van der Waals surface area contributed by atoms with Gasteiger partial charge in [-0.15, -0.1) is 0 Å². The first-order valence-corrected chi connectivity index (χ1v) is 7.28. The Bertz CT molecular complexity index is 836. The molecule has 0 aliphatic rings. The van der Waals surface area contributed by atoms with Gasteiger partial charge in [0.15, 0.2) is 0 Å². The lowest BCUT2D eigenvalue weighted by molar-refractivity contribution is -0.112. The zero-order chi connectivity index (χ0) is 17.5. The number of esters is 1. The number of anilines is 1. The van der Waals surface area contributed by atoms with Gasteiger partial charge in [-0.3, -0.25) is 4.79 Å². The van der Waals surface area contributed by atoms with Gasteiger partial charge in [-0.1, -0.05) is 23.7 Å². The number of halogens is 1. The first kappa shape index (κ1) is 17.3. The molecule has 5 nitrogen and oxygen atoms in total. The highest BCUT2D eigenvalue weighted by Gasteiger charge is 2.11. The van der Waals surface area contributed by atoms with Gasteiger partial charge in [0.2, 0.25) is 0 Å². The van der Waals surface area contributed by atoms with Gasteiger partial charge >= 0.3 is 5.97 Å². The molecular formula is C18H13ClN2O3. The molecule has 0 radical (unpaired) electrons. The summed E-state index contributed by atoms with van der Waals surface area (Å²) < 4.78 is 4.60. The first-order valence-electron chi connectivity index (χ1n) is 6.90. The van der Waals surface area contributed by atoms with E-state index in [1.165, 1.54) is 25.3 Å². The van der Waals surface area contributed by atoms with E-state index >= 15 is 0 Å². The molecule has 120 valence electrons. The summed E-state index contributed by atoms with van der Waals surface area (Å²) in [4.78, 5) is 23.5. The van der Waals surface area contributed by atoms with E-state index in [0.29, 0.717) is 21.8 Å². The second-order valence-electron chi connectivity index (χ2n) is 4.75. The maximum absolute atomic E-state index is 12.2. The molecule has 0 bridgehead atoms. The van der Waals surface area contributed by atoms with Crippen molar-refractivity contribution in [1.29, 1.82) is 5.26 Å². The smallest absolute Gasteiger partial charge is 0.337 e. The van der Waals surface area contributed by atoms with Crippen LogP contribution < -0.4 is 5.32 Å². The lowest BCUT2D eigenvalue weighted by atomic mass is 10.1. The molecule has 0 spiro atoms. The lowest BCUT2D eigenvalue weighted by Crippen LogP contribution is -2.13. The van der Waals surface area contributed by atoms with Crippen molar-refractivity contribution in [1.82, 2.24) is 0 Å². The maximum atomic E-state index is 12.2. The summed E-state index contributed by atoms with van der Waals surface area (Å²) in [5.41, 5.74) is 1.41. The van der Waals surface area contributed by atoms with Crippen LogP contribution >= 0.6 is 11.6 Å². The molecule has 0 unspecified atom stereocenters. The minimum absolute atomic E-state index is 0.0608. The third kappa shape index (κ3) is 4.45. The molecule has 0 saturated heterocycles. The van der Waals surface area contributed by atoms with Gasteiger partial charge in [-0.05, 0) is 48.0 Å². The van der Waals surface area contributed by atoms with Crippen LogP contribution in [0.3, 0.4) is 0 Å². The van der Waals surface area contributed by atoms with Crippen LogP contribution in [-0.4, -0.2) is 19.0 Å². The van der Waals surface area contributed by atoms with E-state index in [1.54, 1.807) is 36.4 Å². The monoisotopic (exact) mass is 340 g/mol. The maximum Gasteiger partial charge on any atom is 0.337 e. The number of ether oxygens (including phenoxy) is 1. The van der Waals surface area contributed by atoms with Crippen molar-refractivity contribution in [3.8, 4) is 6.07 Å². The summed E-state index contributed by atoms with van der Waals surface area (Å²) >= 11 is 5.88. The van der Waals surface area contributed by atoms with Crippen LogP contribution in [0.4, 0.5) is 5.69 Å². The fourth-order valence-corrected chi connectivity index (χ4v) is 2.12. The summed E-state index contributed by atoms with van der Waals surface area (Å²) in [6.07, 6.45) is 1.45. The number of nitrogens with one attached hydrogen (secondary N) is 1. The first-order chi connectivity index (χ1) is 11.5. The van der Waals surface area contributed by atoms with Crippen LogP contribution in [0.2, 0.25) is 5.02 Å². The number of hydrogen-bond acceptors (Lipinski definition) is 4. The summed E-state index contributed by atoms with van der Waals surface area (Å²) in [5, 5.41) is 12.3. The molecule has 0 heterocycles. The largest absolute Gasteiger partial charge is 0.465 e.